The fourth-order valence-electron chi connectivity index (χ4n) is 3.31. The zero-order chi connectivity index (χ0) is 22.0. The molecule has 160 valence electrons. The second kappa shape index (κ2) is 8.99. The lowest BCUT2D eigenvalue weighted by molar-refractivity contribution is 0.102. The molecule has 2 N–H and O–H groups in total. The molecule has 1 aromatic heterocycles. The largest absolute Gasteiger partial charge is 0.322 e. The molecule has 2 heterocycles. The number of carbonyl (C=O) groups excluding carboxylic acids is 2. The lowest BCUT2D eigenvalue weighted by Gasteiger charge is -2.23. The van der Waals surface area contributed by atoms with E-state index in [-0.39, 0.29) is 28.8 Å². The monoisotopic (exact) mass is 459 g/mol. The third-order valence-electron chi connectivity index (χ3n) is 4.96. The van der Waals surface area contributed by atoms with Gasteiger partial charge < -0.3 is 15.5 Å². The summed E-state index contributed by atoms with van der Waals surface area (Å²) in [4.78, 5) is 26.9. The predicted octanol–water partition coefficient (Wildman–Crippen LogP) is 5.26. The molecule has 10 heteroatoms. The number of amides is 3. The van der Waals surface area contributed by atoms with Crippen molar-refractivity contribution in [3.8, 4) is 0 Å². The molecule has 3 amide bonds. The summed E-state index contributed by atoms with van der Waals surface area (Å²) >= 11 is 7.01. The van der Waals surface area contributed by atoms with E-state index in [0.717, 1.165) is 17.8 Å². The quantitative estimate of drug-likeness (QED) is 0.557. The van der Waals surface area contributed by atoms with E-state index in [9.17, 15) is 14.0 Å². The van der Waals surface area contributed by atoms with Crippen LogP contribution in [0.15, 0.2) is 42.5 Å². The van der Waals surface area contributed by atoms with Gasteiger partial charge in [-0.25, -0.2) is 9.18 Å². The molecule has 0 radical (unpaired) electrons. The fraction of sp³-hybridized carbons (Fsp3) is 0.238. The zero-order valence-corrected chi connectivity index (χ0v) is 18.1. The molecule has 0 unspecified atom stereocenters. The second-order valence-electron chi connectivity index (χ2n) is 7.15. The van der Waals surface area contributed by atoms with Crippen molar-refractivity contribution in [2.24, 2.45) is 0 Å². The van der Waals surface area contributed by atoms with Crippen LogP contribution in [-0.2, 0) is 0 Å². The Hall–Kier alpha value is -3.04. The number of benzene rings is 2. The molecule has 0 saturated carbocycles. The average molecular weight is 460 g/mol. The van der Waals surface area contributed by atoms with E-state index >= 15 is 0 Å². The summed E-state index contributed by atoms with van der Waals surface area (Å²) in [7, 11) is 0. The van der Waals surface area contributed by atoms with E-state index in [2.05, 4.69) is 20.8 Å². The minimum absolute atomic E-state index is 0.206. The Bertz CT molecular complexity index is 1120. The summed E-state index contributed by atoms with van der Waals surface area (Å²) in [5.74, 6) is -0.758. The van der Waals surface area contributed by atoms with Crippen LogP contribution in [0.1, 0.15) is 39.3 Å². The highest BCUT2D eigenvalue weighted by Crippen LogP contribution is 2.34. The molecular weight excluding hydrogens is 441 g/mol. The molecule has 0 aliphatic carbocycles. The van der Waals surface area contributed by atoms with Crippen molar-refractivity contribution in [1.82, 2.24) is 15.1 Å². The van der Waals surface area contributed by atoms with E-state index in [0.29, 0.717) is 39.9 Å². The van der Waals surface area contributed by atoms with Gasteiger partial charge in [-0.2, -0.15) is 0 Å². The van der Waals surface area contributed by atoms with Gasteiger partial charge in [0.25, 0.3) is 5.91 Å². The van der Waals surface area contributed by atoms with Crippen LogP contribution < -0.4 is 10.6 Å². The lowest BCUT2D eigenvalue weighted by atomic mass is 10.2. The highest BCUT2D eigenvalue weighted by atomic mass is 35.5. The minimum atomic E-state index is -0.379. The van der Waals surface area contributed by atoms with Gasteiger partial charge in [0.05, 0.1) is 6.04 Å². The maximum atomic E-state index is 13.8. The van der Waals surface area contributed by atoms with Crippen LogP contribution >= 0.6 is 22.9 Å². The Morgan fingerprint density at radius 1 is 1.13 bits per heavy atom. The lowest BCUT2D eigenvalue weighted by Crippen LogP contribution is -2.34. The summed E-state index contributed by atoms with van der Waals surface area (Å²) in [5.41, 5.74) is 1.49. The van der Waals surface area contributed by atoms with E-state index in [4.69, 9.17) is 11.6 Å². The van der Waals surface area contributed by atoms with Gasteiger partial charge in [-0.15, -0.1) is 10.2 Å². The molecule has 1 aliphatic heterocycles. The van der Waals surface area contributed by atoms with Crippen molar-refractivity contribution in [1.29, 1.82) is 0 Å². The number of carbonyl (C=O) groups is 2. The van der Waals surface area contributed by atoms with Crippen molar-refractivity contribution < 1.29 is 14.0 Å². The summed E-state index contributed by atoms with van der Waals surface area (Å²) in [6.07, 6.45) is 1.51. The van der Waals surface area contributed by atoms with Crippen LogP contribution in [-0.4, -0.2) is 33.6 Å². The Morgan fingerprint density at radius 3 is 2.61 bits per heavy atom. The predicted molar refractivity (Wildman–Crippen MR) is 118 cm³/mol. The second-order valence-corrected chi connectivity index (χ2v) is 8.60. The van der Waals surface area contributed by atoms with E-state index < -0.39 is 0 Å². The molecule has 1 aliphatic rings. The van der Waals surface area contributed by atoms with Crippen LogP contribution in [0.25, 0.3) is 0 Å². The normalized spacial score (nSPS) is 15.7. The first-order valence-electron chi connectivity index (χ1n) is 9.65. The van der Waals surface area contributed by atoms with Crippen molar-refractivity contribution in [3.05, 3.63) is 68.9 Å². The standard InChI is InChI=1S/C21H19ClFN5O2S/c1-12-4-7-15(11-16(12)23)25-21(30)28-10-2-3-17(28)19-26-27-20(31-19)18(29)24-14-8-5-13(22)6-9-14/h4-9,11,17H,2-3,10H2,1H3,(H,24,29)(H,25,30)/t17-/m0/s1. The zero-order valence-electron chi connectivity index (χ0n) is 16.6. The molecule has 0 spiro atoms. The number of rotatable bonds is 4. The number of hydrogen-bond acceptors (Lipinski definition) is 5. The molecule has 0 bridgehead atoms. The maximum Gasteiger partial charge on any atom is 0.322 e. The van der Waals surface area contributed by atoms with Crippen LogP contribution in [0.4, 0.5) is 20.6 Å². The highest BCUT2D eigenvalue weighted by molar-refractivity contribution is 7.13. The Balaban J connectivity index is 1.44. The van der Waals surface area contributed by atoms with Gasteiger partial charge in [0.15, 0.2) is 0 Å². The molecule has 4 rings (SSSR count). The number of nitrogens with zero attached hydrogens (tertiary/aromatic N) is 3. The summed E-state index contributed by atoms with van der Waals surface area (Å²) in [5, 5.41) is 15.0. The first kappa shape index (κ1) is 21.2. The van der Waals surface area contributed by atoms with Crippen molar-refractivity contribution >= 4 is 46.3 Å². The van der Waals surface area contributed by atoms with E-state index in [1.54, 1.807) is 48.2 Å². The molecule has 7 nitrogen and oxygen atoms in total. The number of nitrogens with one attached hydrogen (secondary N) is 2. The van der Waals surface area contributed by atoms with Gasteiger partial charge in [-0.3, -0.25) is 4.79 Å². The first-order valence-corrected chi connectivity index (χ1v) is 10.8. The molecule has 3 aromatic rings. The Labute approximate surface area is 187 Å². The molecule has 1 fully saturated rings. The van der Waals surface area contributed by atoms with Crippen molar-refractivity contribution in [2.45, 2.75) is 25.8 Å². The minimum Gasteiger partial charge on any atom is -0.320 e. The highest BCUT2D eigenvalue weighted by Gasteiger charge is 2.33. The number of halogens is 2. The number of anilines is 2. The van der Waals surface area contributed by atoms with Crippen LogP contribution in [0.2, 0.25) is 5.02 Å². The maximum absolute atomic E-state index is 13.8. The molecule has 1 saturated heterocycles. The topological polar surface area (TPSA) is 87.2 Å². The van der Waals surface area contributed by atoms with Crippen LogP contribution in [0, 0.1) is 12.7 Å². The van der Waals surface area contributed by atoms with Gasteiger partial charge in [0.1, 0.15) is 10.8 Å². The molecular formula is C21H19ClFN5O2S. The van der Waals surface area contributed by atoms with Crippen LogP contribution in [0.5, 0.6) is 0 Å². The smallest absolute Gasteiger partial charge is 0.320 e. The molecule has 31 heavy (non-hydrogen) atoms. The van der Waals surface area contributed by atoms with Gasteiger partial charge in [0.2, 0.25) is 5.01 Å². The fourth-order valence-corrected chi connectivity index (χ4v) is 4.32. The van der Waals surface area contributed by atoms with Gasteiger partial charge >= 0.3 is 6.03 Å². The number of hydrogen-bond donors (Lipinski definition) is 2. The molecule has 1 atom stereocenters. The van der Waals surface area contributed by atoms with Gasteiger partial charge in [0, 0.05) is 22.9 Å². The number of aryl methyl sites for hydroxylation is 1. The summed E-state index contributed by atoms with van der Waals surface area (Å²) in [6, 6.07) is 10.7. The summed E-state index contributed by atoms with van der Waals surface area (Å²) < 4.78 is 13.8. The third kappa shape index (κ3) is 4.83. The number of likely N-dealkylation sites (tertiary alicyclic amines) is 1. The first-order chi connectivity index (χ1) is 14.9. The summed E-state index contributed by atoms with van der Waals surface area (Å²) in [6.45, 7) is 2.20. The molecule has 2 aromatic carbocycles. The number of urea groups is 1. The van der Waals surface area contributed by atoms with Gasteiger partial charge in [-0.05, 0) is 61.7 Å². The Morgan fingerprint density at radius 2 is 1.87 bits per heavy atom. The average Bonchev–Trinajstić information content (AvgIpc) is 3.42. The van der Waals surface area contributed by atoms with Crippen LogP contribution in [0.3, 0.4) is 0 Å². The third-order valence-corrected chi connectivity index (χ3v) is 6.23. The SMILES string of the molecule is Cc1ccc(NC(=O)N2CCC[C@H]2c2nnc(C(=O)Nc3ccc(Cl)cc3)s2)cc1F. The number of aromatic nitrogens is 2. The van der Waals surface area contributed by atoms with E-state index in [1.165, 1.54) is 6.07 Å². The van der Waals surface area contributed by atoms with Crippen molar-refractivity contribution in [2.75, 3.05) is 17.2 Å². The Kier molecular flexibility index (Phi) is 6.15. The van der Waals surface area contributed by atoms with Gasteiger partial charge in [-0.1, -0.05) is 29.0 Å². The van der Waals surface area contributed by atoms with E-state index in [1.807, 2.05) is 0 Å². The van der Waals surface area contributed by atoms with Crippen molar-refractivity contribution in [3.63, 3.8) is 0 Å².